The first-order valence-electron chi connectivity index (χ1n) is 9.14. The van der Waals surface area contributed by atoms with E-state index in [2.05, 4.69) is 15.5 Å². The monoisotopic (exact) mass is 369 g/mol. The van der Waals surface area contributed by atoms with Gasteiger partial charge in [0, 0.05) is 50.6 Å². The molecule has 0 aliphatic carbocycles. The number of hydrogen-bond donors (Lipinski definition) is 1. The van der Waals surface area contributed by atoms with Crippen LogP contribution in [0.25, 0.3) is 0 Å². The molecule has 3 heterocycles. The summed E-state index contributed by atoms with van der Waals surface area (Å²) >= 11 is 0. The van der Waals surface area contributed by atoms with Gasteiger partial charge in [-0.05, 0) is 31.0 Å². The first-order chi connectivity index (χ1) is 13.1. The molecule has 4 rings (SSSR count). The van der Waals surface area contributed by atoms with Crippen molar-refractivity contribution in [2.45, 2.75) is 18.9 Å². The van der Waals surface area contributed by atoms with Crippen molar-refractivity contribution in [1.29, 1.82) is 0 Å². The van der Waals surface area contributed by atoms with Crippen LogP contribution in [0.2, 0.25) is 0 Å². The van der Waals surface area contributed by atoms with E-state index in [9.17, 15) is 9.59 Å². The van der Waals surface area contributed by atoms with Crippen molar-refractivity contribution in [3.63, 3.8) is 0 Å². The molecule has 2 aliphatic heterocycles. The van der Waals surface area contributed by atoms with Gasteiger partial charge in [-0.15, -0.1) is 10.2 Å². The van der Waals surface area contributed by atoms with Crippen LogP contribution in [0.1, 0.15) is 18.9 Å². The molecule has 2 fully saturated rings. The van der Waals surface area contributed by atoms with Crippen LogP contribution in [0, 0.1) is 0 Å². The van der Waals surface area contributed by atoms with Gasteiger partial charge in [-0.2, -0.15) is 0 Å². The van der Waals surface area contributed by atoms with Crippen molar-refractivity contribution < 1.29 is 9.59 Å². The topological polar surface area (TPSA) is 86.6 Å². The lowest BCUT2D eigenvalue weighted by atomic mass is 10.1. The van der Waals surface area contributed by atoms with Gasteiger partial charge in [0.15, 0.2) is 0 Å². The average Bonchev–Trinajstić information content (AvgIpc) is 3.33. The van der Waals surface area contributed by atoms with Gasteiger partial charge in [-0.25, -0.2) is 9.59 Å². The SMILES string of the molecule is CN1CCN(c2cccc(NC(=O)N3CCC(n4cnnc4)CC3)c2)C1=O. The molecule has 9 nitrogen and oxygen atoms in total. The van der Waals surface area contributed by atoms with E-state index in [1.54, 1.807) is 29.5 Å². The lowest BCUT2D eigenvalue weighted by Crippen LogP contribution is -2.41. The summed E-state index contributed by atoms with van der Waals surface area (Å²) in [6.45, 7) is 2.73. The fraction of sp³-hybridized carbons (Fsp3) is 0.444. The molecule has 4 amide bonds. The summed E-state index contributed by atoms with van der Waals surface area (Å²) < 4.78 is 2.00. The summed E-state index contributed by atoms with van der Waals surface area (Å²) in [6, 6.07) is 7.64. The molecule has 9 heteroatoms. The van der Waals surface area contributed by atoms with Crippen LogP contribution in [0.5, 0.6) is 0 Å². The second-order valence-electron chi connectivity index (χ2n) is 6.96. The van der Waals surface area contributed by atoms with Crippen molar-refractivity contribution in [3.8, 4) is 0 Å². The molecule has 0 bridgehead atoms. The van der Waals surface area contributed by atoms with Crippen LogP contribution < -0.4 is 10.2 Å². The largest absolute Gasteiger partial charge is 0.326 e. The number of anilines is 2. The third-order valence-electron chi connectivity index (χ3n) is 5.24. The van der Waals surface area contributed by atoms with E-state index in [1.165, 1.54) is 0 Å². The van der Waals surface area contributed by atoms with Crippen molar-refractivity contribution in [1.82, 2.24) is 24.6 Å². The number of hydrogen-bond acceptors (Lipinski definition) is 4. The average molecular weight is 369 g/mol. The molecule has 0 atom stereocenters. The Kier molecular flexibility index (Phi) is 4.66. The van der Waals surface area contributed by atoms with Crippen LogP contribution in [-0.4, -0.2) is 69.9 Å². The summed E-state index contributed by atoms with van der Waals surface area (Å²) in [5.74, 6) is 0. The number of amides is 4. The maximum Gasteiger partial charge on any atom is 0.324 e. The number of likely N-dealkylation sites (N-methyl/N-ethyl adjacent to an activating group) is 1. The molecule has 1 aromatic carbocycles. The third kappa shape index (κ3) is 3.57. The number of benzene rings is 1. The number of carbonyl (C=O) groups excluding carboxylic acids is 2. The van der Waals surface area contributed by atoms with Crippen molar-refractivity contribution in [2.24, 2.45) is 0 Å². The van der Waals surface area contributed by atoms with Gasteiger partial charge in [0.1, 0.15) is 12.7 Å². The van der Waals surface area contributed by atoms with Gasteiger partial charge < -0.3 is 19.7 Å². The Morgan fingerprint density at radius 3 is 2.52 bits per heavy atom. The van der Waals surface area contributed by atoms with Crippen LogP contribution in [0.15, 0.2) is 36.9 Å². The number of carbonyl (C=O) groups is 2. The zero-order valence-corrected chi connectivity index (χ0v) is 15.3. The normalized spacial score (nSPS) is 18.3. The van der Waals surface area contributed by atoms with Crippen molar-refractivity contribution in [3.05, 3.63) is 36.9 Å². The zero-order chi connectivity index (χ0) is 18.8. The van der Waals surface area contributed by atoms with Gasteiger partial charge in [0.05, 0.1) is 0 Å². The second-order valence-corrected chi connectivity index (χ2v) is 6.96. The lowest BCUT2D eigenvalue weighted by Gasteiger charge is -2.32. The number of piperidine rings is 1. The van der Waals surface area contributed by atoms with Gasteiger partial charge in [-0.3, -0.25) is 4.90 Å². The quantitative estimate of drug-likeness (QED) is 0.897. The number of rotatable bonds is 3. The minimum absolute atomic E-state index is 0.0189. The van der Waals surface area contributed by atoms with E-state index in [4.69, 9.17) is 0 Å². The maximum absolute atomic E-state index is 12.6. The highest BCUT2D eigenvalue weighted by Gasteiger charge is 2.27. The molecule has 2 saturated heterocycles. The lowest BCUT2D eigenvalue weighted by molar-refractivity contribution is 0.183. The summed E-state index contributed by atoms with van der Waals surface area (Å²) in [5.41, 5.74) is 1.49. The van der Waals surface area contributed by atoms with Crippen molar-refractivity contribution >= 4 is 23.4 Å². The third-order valence-corrected chi connectivity index (χ3v) is 5.24. The summed E-state index contributed by atoms with van der Waals surface area (Å²) in [5, 5.41) is 10.6. The highest BCUT2D eigenvalue weighted by atomic mass is 16.2. The molecule has 0 saturated carbocycles. The number of aromatic nitrogens is 3. The Morgan fingerprint density at radius 1 is 1.11 bits per heavy atom. The maximum atomic E-state index is 12.6. The summed E-state index contributed by atoms with van der Waals surface area (Å²) in [4.78, 5) is 30.0. The minimum atomic E-state index is -0.112. The molecule has 1 N–H and O–H groups in total. The fourth-order valence-electron chi connectivity index (χ4n) is 3.61. The number of likely N-dealkylation sites (tertiary alicyclic amines) is 1. The Morgan fingerprint density at radius 2 is 1.85 bits per heavy atom. The van der Waals surface area contributed by atoms with E-state index < -0.39 is 0 Å². The highest BCUT2D eigenvalue weighted by Crippen LogP contribution is 2.25. The Labute approximate surface area is 157 Å². The molecule has 0 spiro atoms. The predicted molar refractivity (Wildman–Crippen MR) is 101 cm³/mol. The van der Waals surface area contributed by atoms with Gasteiger partial charge in [0.2, 0.25) is 0 Å². The molecule has 2 aliphatic rings. The molecule has 27 heavy (non-hydrogen) atoms. The molecular formula is C18H23N7O2. The molecule has 0 radical (unpaired) electrons. The molecule has 2 aromatic rings. The smallest absolute Gasteiger partial charge is 0.324 e. The minimum Gasteiger partial charge on any atom is -0.326 e. The Bertz CT molecular complexity index is 815. The van der Waals surface area contributed by atoms with E-state index in [0.717, 1.165) is 18.5 Å². The van der Waals surface area contributed by atoms with Crippen LogP contribution in [0.3, 0.4) is 0 Å². The Balaban J connectivity index is 1.36. The first-order valence-corrected chi connectivity index (χ1v) is 9.14. The number of urea groups is 2. The van der Waals surface area contributed by atoms with Gasteiger partial charge in [-0.1, -0.05) is 6.07 Å². The van der Waals surface area contributed by atoms with Gasteiger partial charge in [0.25, 0.3) is 0 Å². The zero-order valence-electron chi connectivity index (χ0n) is 15.3. The fourth-order valence-corrected chi connectivity index (χ4v) is 3.61. The molecule has 1 aromatic heterocycles. The summed E-state index contributed by atoms with van der Waals surface area (Å²) in [7, 11) is 1.79. The van der Waals surface area contributed by atoms with Gasteiger partial charge >= 0.3 is 12.1 Å². The van der Waals surface area contributed by atoms with E-state index in [1.807, 2.05) is 33.7 Å². The van der Waals surface area contributed by atoms with E-state index in [0.29, 0.717) is 37.9 Å². The summed E-state index contributed by atoms with van der Waals surface area (Å²) in [6.07, 6.45) is 5.20. The molecule has 0 unspecified atom stereocenters. The molecular weight excluding hydrogens is 346 g/mol. The van der Waals surface area contributed by atoms with Crippen molar-refractivity contribution in [2.75, 3.05) is 43.4 Å². The number of nitrogens with zero attached hydrogens (tertiary/aromatic N) is 6. The first kappa shape index (κ1) is 17.3. The standard InChI is InChI=1S/C18H23N7O2/c1-22-9-10-25(18(22)27)16-4-2-3-14(11-16)21-17(26)23-7-5-15(6-8-23)24-12-19-20-13-24/h2-4,11-13,15H,5-10H2,1H3,(H,21,26). The van der Waals surface area contributed by atoms with Crippen LogP contribution in [-0.2, 0) is 0 Å². The van der Waals surface area contributed by atoms with E-state index in [-0.39, 0.29) is 12.1 Å². The van der Waals surface area contributed by atoms with E-state index >= 15 is 0 Å². The van der Waals surface area contributed by atoms with Crippen LogP contribution in [0.4, 0.5) is 21.0 Å². The predicted octanol–water partition coefficient (Wildman–Crippen LogP) is 2.02. The Hall–Kier alpha value is -3.10. The highest BCUT2D eigenvalue weighted by molar-refractivity contribution is 5.95. The number of nitrogens with one attached hydrogen (secondary N) is 1. The van der Waals surface area contributed by atoms with Crippen LogP contribution >= 0.6 is 0 Å². The molecule has 142 valence electrons. The second kappa shape index (κ2) is 7.26.